The van der Waals surface area contributed by atoms with Crippen LogP contribution in [-0.2, 0) is 4.74 Å². The lowest BCUT2D eigenvalue weighted by Gasteiger charge is -2.36. The van der Waals surface area contributed by atoms with Gasteiger partial charge < -0.3 is 14.4 Å². The highest BCUT2D eigenvalue weighted by molar-refractivity contribution is 5.77. The molecule has 20 heavy (non-hydrogen) atoms. The summed E-state index contributed by atoms with van der Waals surface area (Å²) >= 11 is 0. The molecule has 0 N–H and O–H groups in total. The molecule has 0 amide bonds. The molecule has 1 saturated heterocycles. The van der Waals surface area contributed by atoms with Crippen LogP contribution in [0.1, 0.15) is 13.8 Å². The van der Waals surface area contributed by atoms with E-state index >= 15 is 0 Å². The van der Waals surface area contributed by atoms with Gasteiger partial charge in [0.1, 0.15) is 0 Å². The second-order valence-corrected chi connectivity index (χ2v) is 5.21. The lowest BCUT2D eigenvalue weighted by atomic mass is 10.2. The first-order valence-electron chi connectivity index (χ1n) is 6.88. The maximum absolute atomic E-state index is 5.77. The zero-order valence-corrected chi connectivity index (χ0v) is 12.0. The van der Waals surface area contributed by atoms with Crippen LogP contribution < -0.4 is 9.64 Å². The molecule has 1 fully saturated rings. The Morgan fingerprint density at radius 2 is 1.70 bits per heavy atom. The normalized spacial score (nSPS) is 23.1. The number of ether oxygens (including phenoxy) is 2. The molecular weight excluding hydrogens is 254 g/mol. The van der Waals surface area contributed by atoms with E-state index in [0.717, 1.165) is 29.9 Å². The van der Waals surface area contributed by atoms with Crippen molar-refractivity contribution in [1.29, 1.82) is 0 Å². The zero-order valence-electron chi connectivity index (χ0n) is 12.0. The lowest BCUT2D eigenvalue weighted by Crippen LogP contribution is -2.46. The quantitative estimate of drug-likeness (QED) is 0.840. The van der Waals surface area contributed by atoms with Crippen LogP contribution >= 0.6 is 0 Å². The molecule has 106 valence electrons. The molecule has 5 nitrogen and oxygen atoms in total. The number of methoxy groups -OCH3 is 1. The van der Waals surface area contributed by atoms with E-state index in [1.807, 2.05) is 24.3 Å². The first-order chi connectivity index (χ1) is 9.67. The van der Waals surface area contributed by atoms with Crippen molar-refractivity contribution in [3.05, 3.63) is 24.3 Å². The van der Waals surface area contributed by atoms with Gasteiger partial charge in [0.05, 0.1) is 30.4 Å². The molecule has 1 aliphatic rings. The third kappa shape index (κ3) is 2.41. The predicted molar refractivity (Wildman–Crippen MR) is 78.3 cm³/mol. The molecule has 2 aromatic rings. The molecule has 1 aliphatic heterocycles. The number of nitrogens with zero attached hydrogens (tertiary/aromatic N) is 3. The average Bonchev–Trinajstić information content (AvgIpc) is 2.44. The monoisotopic (exact) mass is 273 g/mol. The van der Waals surface area contributed by atoms with Gasteiger partial charge in [0.15, 0.2) is 5.82 Å². The summed E-state index contributed by atoms with van der Waals surface area (Å²) in [7, 11) is 1.63. The third-order valence-corrected chi connectivity index (χ3v) is 3.43. The van der Waals surface area contributed by atoms with Gasteiger partial charge in [-0.2, -0.15) is 0 Å². The van der Waals surface area contributed by atoms with Crippen molar-refractivity contribution in [3.63, 3.8) is 0 Å². The summed E-state index contributed by atoms with van der Waals surface area (Å²) < 4.78 is 11.2. The van der Waals surface area contributed by atoms with Crippen molar-refractivity contribution in [2.75, 3.05) is 25.1 Å². The molecule has 0 spiro atoms. The summed E-state index contributed by atoms with van der Waals surface area (Å²) in [6, 6.07) is 7.84. The summed E-state index contributed by atoms with van der Waals surface area (Å²) in [5, 5.41) is 0. The van der Waals surface area contributed by atoms with Gasteiger partial charge in [-0.05, 0) is 26.0 Å². The molecule has 0 radical (unpaired) electrons. The van der Waals surface area contributed by atoms with Crippen molar-refractivity contribution >= 4 is 16.9 Å². The first kappa shape index (κ1) is 13.1. The fraction of sp³-hybridized carbons (Fsp3) is 0.467. The van der Waals surface area contributed by atoms with E-state index in [4.69, 9.17) is 14.5 Å². The summed E-state index contributed by atoms with van der Waals surface area (Å²) in [5.41, 5.74) is 1.73. The minimum atomic E-state index is 0.178. The smallest absolute Gasteiger partial charge is 0.257 e. The largest absolute Gasteiger partial charge is 0.478 e. The molecule has 2 unspecified atom stereocenters. The zero-order chi connectivity index (χ0) is 14.1. The molecule has 2 atom stereocenters. The Balaban J connectivity index is 2.04. The van der Waals surface area contributed by atoms with Crippen molar-refractivity contribution in [2.45, 2.75) is 26.1 Å². The number of benzene rings is 1. The van der Waals surface area contributed by atoms with Crippen LogP contribution in [-0.4, -0.2) is 42.4 Å². The minimum absolute atomic E-state index is 0.178. The van der Waals surface area contributed by atoms with Crippen LogP contribution in [0.4, 0.5) is 5.82 Å². The first-order valence-corrected chi connectivity index (χ1v) is 6.88. The Hall–Kier alpha value is -1.88. The fourth-order valence-corrected chi connectivity index (χ4v) is 2.67. The highest BCUT2D eigenvalue weighted by atomic mass is 16.5. The number of hydrogen-bond donors (Lipinski definition) is 0. The van der Waals surface area contributed by atoms with Crippen molar-refractivity contribution in [1.82, 2.24) is 9.97 Å². The number of rotatable bonds is 2. The van der Waals surface area contributed by atoms with Crippen LogP contribution in [0.2, 0.25) is 0 Å². The summed E-state index contributed by atoms with van der Waals surface area (Å²) in [5.74, 6) is 1.37. The van der Waals surface area contributed by atoms with E-state index in [1.54, 1.807) is 7.11 Å². The maximum Gasteiger partial charge on any atom is 0.257 e. The Bertz CT molecular complexity index is 607. The van der Waals surface area contributed by atoms with Crippen LogP contribution in [0, 0.1) is 0 Å². The van der Waals surface area contributed by atoms with Crippen LogP contribution in [0.15, 0.2) is 24.3 Å². The maximum atomic E-state index is 5.77. The molecule has 1 aromatic heterocycles. The number of para-hydroxylation sites is 2. The second kappa shape index (κ2) is 5.25. The van der Waals surface area contributed by atoms with Gasteiger partial charge in [-0.1, -0.05) is 12.1 Å². The Morgan fingerprint density at radius 1 is 1.10 bits per heavy atom. The van der Waals surface area contributed by atoms with Gasteiger partial charge in [0, 0.05) is 13.1 Å². The van der Waals surface area contributed by atoms with Crippen LogP contribution in [0.5, 0.6) is 5.88 Å². The molecule has 3 rings (SSSR count). The highest BCUT2D eigenvalue weighted by Gasteiger charge is 2.26. The molecule has 2 heterocycles. The minimum Gasteiger partial charge on any atom is -0.478 e. The molecule has 5 heteroatoms. The van der Waals surface area contributed by atoms with E-state index in [-0.39, 0.29) is 12.2 Å². The summed E-state index contributed by atoms with van der Waals surface area (Å²) in [6.45, 7) is 5.74. The Kier molecular flexibility index (Phi) is 3.44. The van der Waals surface area contributed by atoms with Gasteiger partial charge >= 0.3 is 0 Å². The Morgan fingerprint density at radius 3 is 2.30 bits per heavy atom. The van der Waals surface area contributed by atoms with E-state index in [2.05, 4.69) is 23.7 Å². The Labute approximate surface area is 118 Å². The van der Waals surface area contributed by atoms with E-state index in [0.29, 0.717) is 5.88 Å². The van der Waals surface area contributed by atoms with Gasteiger partial charge in [-0.25, -0.2) is 9.97 Å². The van der Waals surface area contributed by atoms with Crippen LogP contribution in [0.25, 0.3) is 11.0 Å². The van der Waals surface area contributed by atoms with Crippen molar-refractivity contribution in [2.24, 2.45) is 0 Å². The predicted octanol–water partition coefficient (Wildman–Crippen LogP) is 2.25. The molecule has 0 saturated carbocycles. The SMILES string of the molecule is COc1nc2ccccc2nc1N1CC(C)OC(C)C1. The topological polar surface area (TPSA) is 47.5 Å². The second-order valence-electron chi connectivity index (χ2n) is 5.21. The molecule has 0 aliphatic carbocycles. The van der Waals surface area contributed by atoms with Gasteiger partial charge in [-0.15, -0.1) is 0 Å². The van der Waals surface area contributed by atoms with E-state index in [1.165, 1.54) is 0 Å². The molecule has 1 aromatic carbocycles. The standard InChI is InChI=1S/C15H19N3O2/c1-10-8-18(9-11(2)20-10)14-15(19-3)17-13-7-5-4-6-12(13)16-14/h4-7,10-11H,8-9H2,1-3H3. The van der Waals surface area contributed by atoms with E-state index in [9.17, 15) is 0 Å². The molecular formula is C15H19N3O2. The number of morpholine rings is 1. The average molecular weight is 273 g/mol. The number of hydrogen-bond acceptors (Lipinski definition) is 5. The van der Waals surface area contributed by atoms with Gasteiger partial charge in [0.25, 0.3) is 5.88 Å². The third-order valence-electron chi connectivity index (χ3n) is 3.43. The van der Waals surface area contributed by atoms with Gasteiger partial charge in [-0.3, -0.25) is 0 Å². The number of anilines is 1. The van der Waals surface area contributed by atoms with Crippen LogP contribution in [0.3, 0.4) is 0 Å². The number of fused-ring (bicyclic) bond motifs is 1. The highest BCUT2D eigenvalue weighted by Crippen LogP contribution is 2.28. The number of aromatic nitrogens is 2. The fourth-order valence-electron chi connectivity index (χ4n) is 2.67. The van der Waals surface area contributed by atoms with Gasteiger partial charge in [0.2, 0.25) is 0 Å². The lowest BCUT2D eigenvalue weighted by molar-refractivity contribution is -0.00558. The van der Waals surface area contributed by atoms with E-state index < -0.39 is 0 Å². The summed E-state index contributed by atoms with van der Waals surface area (Å²) in [6.07, 6.45) is 0.355. The van der Waals surface area contributed by atoms with Crippen molar-refractivity contribution < 1.29 is 9.47 Å². The van der Waals surface area contributed by atoms with Crippen molar-refractivity contribution in [3.8, 4) is 5.88 Å². The summed E-state index contributed by atoms with van der Waals surface area (Å²) in [4.78, 5) is 11.5. The molecule has 0 bridgehead atoms.